The highest BCUT2D eigenvalue weighted by Gasteiger charge is 2.14. The molecule has 4 heteroatoms. The van der Waals surface area contributed by atoms with Crippen LogP contribution in [0.1, 0.15) is 20.3 Å². The molecule has 0 saturated carbocycles. The van der Waals surface area contributed by atoms with Gasteiger partial charge in [0.15, 0.2) is 0 Å². The van der Waals surface area contributed by atoms with Gasteiger partial charge in [-0.1, -0.05) is 37.9 Å². The fourth-order valence-corrected chi connectivity index (χ4v) is 3.20. The standard InChI is InChI=1S/C11H16ClNOS/c1-3-8(2)7-15(14)11-9(12)5-4-6-10(11)13/h4-6,8H,3,7,13H2,1-2H3. The van der Waals surface area contributed by atoms with Gasteiger partial charge in [0.1, 0.15) is 0 Å². The van der Waals surface area contributed by atoms with E-state index in [9.17, 15) is 4.21 Å². The summed E-state index contributed by atoms with van der Waals surface area (Å²) in [6.45, 7) is 4.16. The minimum Gasteiger partial charge on any atom is -0.398 e. The molecule has 0 aliphatic rings. The Morgan fingerprint density at radius 2 is 2.20 bits per heavy atom. The van der Waals surface area contributed by atoms with Crippen molar-refractivity contribution >= 4 is 28.1 Å². The van der Waals surface area contributed by atoms with Crippen LogP contribution < -0.4 is 5.73 Å². The van der Waals surface area contributed by atoms with Crippen LogP contribution in [0.15, 0.2) is 23.1 Å². The highest BCUT2D eigenvalue weighted by Crippen LogP contribution is 2.26. The van der Waals surface area contributed by atoms with Crippen molar-refractivity contribution in [2.75, 3.05) is 11.5 Å². The molecule has 0 radical (unpaired) electrons. The first kappa shape index (κ1) is 12.5. The van der Waals surface area contributed by atoms with Crippen LogP contribution in [0.25, 0.3) is 0 Å². The van der Waals surface area contributed by atoms with Crippen LogP contribution in [-0.4, -0.2) is 9.96 Å². The lowest BCUT2D eigenvalue weighted by molar-refractivity contribution is 0.616. The van der Waals surface area contributed by atoms with Gasteiger partial charge in [0, 0.05) is 11.4 Å². The van der Waals surface area contributed by atoms with E-state index in [1.165, 1.54) is 0 Å². The van der Waals surface area contributed by atoms with Crippen molar-refractivity contribution in [1.29, 1.82) is 0 Å². The van der Waals surface area contributed by atoms with E-state index in [0.29, 0.717) is 27.3 Å². The number of anilines is 1. The van der Waals surface area contributed by atoms with Crippen molar-refractivity contribution in [3.63, 3.8) is 0 Å². The van der Waals surface area contributed by atoms with Gasteiger partial charge in [-0.15, -0.1) is 0 Å². The molecule has 2 N–H and O–H groups in total. The van der Waals surface area contributed by atoms with E-state index in [2.05, 4.69) is 13.8 Å². The SMILES string of the molecule is CCC(C)CS(=O)c1c(N)cccc1Cl. The molecule has 0 bridgehead atoms. The van der Waals surface area contributed by atoms with Crippen molar-refractivity contribution in [2.24, 2.45) is 5.92 Å². The largest absolute Gasteiger partial charge is 0.398 e. The average molecular weight is 246 g/mol. The zero-order valence-electron chi connectivity index (χ0n) is 9.00. The van der Waals surface area contributed by atoms with Gasteiger partial charge in [0.25, 0.3) is 0 Å². The summed E-state index contributed by atoms with van der Waals surface area (Å²) < 4.78 is 12.0. The van der Waals surface area contributed by atoms with E-state index in [1.54, 1.807) is 18.2 Å². The van der Waals surface area contributed by atoms with Gasteiger partial charge < -0.3 is 5.73 Å². The second-order valence-corrected chi connectivity index (χ2v) is 5.52. The molecule has 0 saturated heterocycles. The van der Waals surface area contributed by atoms with Crippen LogP contribution in [0.3, 0.4) is 0 Å². The van der Waals surface area contributed by atoms with Gasteiger partial charge >= 0.3 is 0 Å². The summed E-state index contributed by atoms with van der Waals surface area (Å²) in [6.07, 6.45) is 1.01. The first-order valence-corrected chi connectivity index (χ1v) is 6.68. The van der Waals surface area contributed by atoms with Crippen molar-refractivity contribution in [3.05, 3.63) is 23.2 Å². The summed E-state index contributed by atoms with van der Waals surface area (Å²) in [5.41, 5.74) is 6.28. The molecule has 1 aromatic carbocycles. The van der Waals surface area contributed by atoms with Crippen molar-refractivity contribution in [1.82, 2.24) is 0 Å². The second-order valence-electron chi connectivity index (χ2n) is 3.68. The number of hydrogen-bond acceptors (Lipinski definition) is 2. The zero-order valence-corrected chi connectivity index (χ0v) is 10.6. The maximum Gasteiger partial charge on any atom is 0.0803 e. The highest BCUT2D eigenvalue weighted by molar-refractivity contribution is 7.85. The molecule has 2 atom stereocenters. The van der Waals surface area contributed by atoms with Gasteiger partial charge in [-0.3, -0.25) is 4.21 Å². The second kappa shape index (κ2) is 5.52. The molecule has 0 heterocycles. The Morgan fingerprint density at radius 3 is 2.73 bits per heavy atom. The Labute approximate surface area is 98.3 Å². The van der Waals surface area contributed by atoms with Crippen molar-refractivity contribution in [2.45, 2.75) is 25.2 Å². The van der Waals surface area contributed by atoms with Gasteiger partial charge in [0.2, 0.25) is 0 Å². The number of rotatable bonds is 4. The number of nitrogen functional groups attached to an aromatic ring is 1. The van der Waals surface area contributed by atoms with Crippen LogP contribution in [0.5, 0.6) is 0 Å². The lowest BCUT2D eigenvalue weighted by Crippen LogP contribution is -2.09. The van der Waals surface area contributed by atoms with E-state index in [1.807, 2.05) is 0 Å². The number of benzene rings is 1. The Morgan fingerprint density at radius 1 is 1.53 bits per heavy atom. The Bertz CT molecular complexity index is 347. The quantitative estimate of drug-likeness (QED) is 0.829. The summed E-state index contributed by atoms with van der Waals surface area (Å²) >= 11 is 5.98. The summed E-state index contributed by atoms with van der Waals surface area (Å²) in [5.74, 6) is 1.03. The molecule has 1 rings (SSSR count). The molecule has 15 heavy (non-hydrogen) atoms. The number of nitrogens with two attached hydrogens (primary N) is 1. The molecule has 0 amide bonds. The molecule has 1 aromatic rings. The minimum absolute atomic E-state index is 0.418. The fraction of sp³-hybridized carbons (Fsp3) is 0.455. The normalized spacial score (nSPS) is 14.9. The Kier molecular flexibility index (Phi) is 4.61. The summed E-state index contributed by atoms with van der Waals surface area (Å²) in [6, 6.07) is 5.22. The van der Waals surface area contributed by atoms with Gasteiger partial charge in [-0.25, -0.2) is 0 Å². The molecule has 0 aliphatic carbocycles. The Balaban J connectivity index is 2.91. The van der Waals surface area contributed by atoms with Crippen LogP contribution in [0, 0.1) is 5.92 Å². The van der Waals surface area contributed by atoms with Gasteiger partial charge in [-0.05, 0) is 18.1 Å². The molecule has 0 fully saturated rings. The van der Waals surface area contributed by atoms with E-state index < -0.39 is 10.8 Å². The van der Waals surface area contributed by atoms with Crippen LogP contribution in [0.2, 0.25) is 5.02 Å². The first-order chi connectivity index (χ1) is 7.06. The molecule has 0 aromatic heterocycles. The summed E-state index contributed by atoms with van der Waals surface area (Å²) in [5, 5.41) is 0.497. The van der Waals surface area contributed by atoms with E-state index in [0.717, 1.165) is 6.42 Å². The first-order valence-electron chi connectivity index (χ1n) is 4.98. The van der Waals surface area contributed by atoms with E-state index in [-0.39, 0.29) is 0 Å². The van der Waals surface area contributed by atoms with Crippen LogP contribution >= 0.6 is 11.6 Å². The third kappa shape index (κ3) is 3.21. The molecular formula is C11H16ClNOS. The zero-order chi connectivity index (χ0) is 11.4. The number of hydrogen-bond donors (Lipinski definition) is 1. The predicted molar refractivity (Wildman–Crippen MR) is 66.6 cm³/mol. The monoisotopic (exact) mass is 245 g/mol. The molecule has 0 spiro atoms. The van der Waals surface area contributed by atoms with Crippen molar-refractivity contribution in [3.8, 4) is 0 Å². The average Bonchev–Trinajstić information content (AvgIpc) is 2.17. The third-order valence-corrected chi connectivity index (χ3v) is 4.57. The Hall–Kier alpha value is -0.540. The predicted octanol–water partition coefficient (Wildman–Crippen LogP) is 3.08. The molecule has 84 valence electrons. The molecule has 2 nitrogen and oxygen atoms in total. The van der Waals surface area contributed by atoms with Gasteiger partial charge in [0.05, 0.1) is 20.7 Å². The van der Waals surface area contributed by atoms with Crippen LogP contribution in [0.4, 0.5) is 5.69 Å². The maximum absolute atomic E-state index is 12.0. The van der Waals surface area contributed by atoms with Crippen LogP contribution in [-0.2, 0) is 10.8 Å². The lowest BCUT2D eigenvalue weighted by atomic mass is 10.2. The topological polar surface area (TPSA) is 43.1 Å². The number of halogens is 1. The van der Waals surface area contributed by atoms with Gasteiger partial charge in [-0.2, -0.15) is 0 Å². The highest BCUT2D eigenvalue weighted by atomic mass is 35.5. The minimum atomic E-state index is -1.09. The van der Waals surface area contributed by atoms with E-state index in [4.69, 9.17) is 17.3 Å². The summed E-state index contributed by atoms with van der Waals surface area (Å²) in [7, 11) is -1.09. The van der Waals surface area contributed by atoms with E-state index >= 15 is 0 Å². The molecule has 0 aliphatic heterocycles. The summed E-state index contributed by atoms with van der Waals surface area (Å²) in [4.78, 5) is 0.583. The smallest absolute Gasteiger partial charge is 0.0803 e. The molecular weight excluding hydrogens is 230 g/mol. The lowest BCUT2D eigenvalue weighted by Gasteiger charge is -2.11. The molecule has 2 unspecified atom stereocenters. The maximum atomic E-state index is 12.0. The van der Waals surface area contributed by atoms with Crippen molar-refractivity contribution < 1.29 is 4.21 Å². The fourth-order valence-electron chi connectivity index (χ4n) is 1.23. The third-order valence-electron chi connectivity index (χ3n) is 2.36.